The van der Waals surface area contributed by atoms with Crippen molar-refractivity contribution in [3.63, 3.8) is 0 Å². The van der Waals surface area contributed by atoms with E-state index in [2.05, 4.69) is 5.32 Å². The number of nitrogens with two attached hydrogens (primary N) is 1. The lowest BCUT2D eigenvalue weighted by Gasteiger charge is -2.13. The van der Waals surface area contributed by atoms with E-state index in [1.165, 1.54) is 4.90 Å². The van der Waals surface area contributed by atoms with E-state index < -0.39 is 0 Å². The van der Waals surface area contributed by atoms with Crippen LogP contribution in [0.3, 0.4) is 0 Å². The van der Waals surface area contributed by atoms with Gasteiger partial charge in [0.1, 0.15) is 0 Å². The number of benzene rings is 1. The summed E-state index contributed by atoms with van der Waals surface area (Å²) < 4.78 is 5.22. The summed E-state index contributed by atoms with van der Waals surface area (Å²) in [4.78, 5) is 13.3. The highest BCUT2D eigenvalue weighted by Crippen LogP contribution is 2.20. The van der Waals surface area contributed by atoms with Crippen molar-refractivity contribution < 1.29 is 9.53 Å². The summed E-state index contributed by atoms with van der Waals surface area (Å²) in [6, 6.07) is 5.27. The number of carbonyl (C=O) groups is 1. The molecule has 100 valence electrons. The molecule has 0 saturated carbocycles. The molecule has 1 aromatic rings. The predicted octanol–water partition coefficient (Wildman–Crippen LogP) is 1.42. The first-order valence-corrected chi connectivity index (χ1v) is 5.99. The molecule has 0 saturated heterocycles. The van der Waals surface area contributed by atoms with Crippen LogP contribution in [-0.2, 0) is 4.74 Å². The molecule has 1 amide bonds. The smallest absolute Gasteiger partial charge is 0.253 e. The van der Waals surface area contributed by atoms with Crippen LogP contribution in [0.2, 0.25) is 0 Å². The Labute approximate surface area is 108 Å². The number of nitrogens with zero attached hydrogens (tertiary/aromatic N) is 1. The second kappa shape index (κ2) is 6.86. The highest BCUT2D eigenvalue weighted by atomic mass is 16.5. The minimum absolute atomic E-state index is 0.0532. The average Bonchev–Trinajstić information content (AvgIpc) is 2.35. The van der Waals surface area contributed by atoms with Crippen LogP contribution in [0.25, 0.3) is 0 Å². The number of carbonyl (C=O) groups excluding carboxylic acids is 1. The predicted molar refractivity (Wildman–Crippen MR) is 73.9 cm³/mol. The van der Waals surface area contributed by atoms with Gasteiger partial charge in [-0.1, -0.05) is 0 Å². The molecule has 0 heterocycles. The molecule has 0 unspecified atom stereocenters. The molecule has 0 aliphatic carbocycles. The fourth-order valence-corrected chi connectivity index (χ4v) is 1.52. The van der Waals surface area contributed by atoms with Gasteiger partial charge in [-0.2, -0.15) is 0 Å². The zero-order valence-electron chi connectivity index (χ0n) is 11.2. The van der Waals surface area contributed by atoms with Gasteiger partial charge in [0.25, 0.3) is 5.91 Å². The van der Waals surface area contributed by atoms with E-state index in [-0.39, 0.29) is 5.91 Å². The van der Waals surface area contributed by atoms with E-state index in [4.69, 9.17) is 10.5 Å². The minimum Gasteiger partial charge on any atom is -0.397 e. The zero-order valence-corrected chi connectivity index (χ0v) is 11.2. The van der Waals surface area contributed by atoms with Crippen molar-refractivity contribution in [2.24, 2.45) is 0 Å². The SMILES string of the molecule is CCOCCNc1ccc(C(=O)N(C)C)cc1N. The fraction of sp³-hybridized carbons (Fsp3) is 0.462. The second-order valence-electron chi connectivity index (χ2n) is 4.13. The maximum Gasteiger partial charge on any atom is 0.253 e. The Kier molecular flexibility index (Phi) is 5.45. The highest BCUT2D eigenvalue weighted by molar-refractivity contribution is 5.95. The summed E-state index contributed by atoms with van der Waals surface area (Å²) >= 11 is 0. The largest absolute Gasteiger partial charge is 0.397 e. The second-order valence-corrected chi connectivity index (χ2v) is 4.13. The minimum atomic E-state index is -0.0532. The van der Waals surface area contributed by atoms with Crippen LogP contribution in [0.1, 0.15) is 17.3 Å². The lowest BCUT2D eigenvalue weighted by molar-refractivity contribution is 0.0827. The van der Waals surface area contributed by atoms with Crippen LogP contribution < -0.4 is 11.1 Å². The molecule has 0 aliphatic rings. The highest BCUT2D eigenvalue weighted by Gasteiger charge is 2.09. The average molecular weight is 251 g/mol. The van der Waals surface area contributed by atoms with Crippen LogP contribution in [0.4, 0.5) is 11.4 Å². The Bertz CT molecular complexity index is 405. The number of amides is 1. The number of nitrogen functional groups attached to an aromatic ring is 1. The van der Waals surface area contributed by atoms with Gasteiger partial charge < -0.3 is 20.7 Å². The molecule has 5 heteroatoms. The third kappa shape index (κ3) is 3.92. The summed E-state index contributed by atoms with van der Waals surface area (Å²) in [6.45, 7) is 3.98. The van der Waals surface area contributed by atoms with E-state index >= 15 is 0 Å². The van der Waals surface area contributed by atoms with Crippen LogP contribution in [0.15, 0.2) is 18.2 Å². The Hall–Kier alpha value is -1.75. The van der Waals surface area contributed by atoms with E-state index in [9.17, 15) is 4.79 Å². The standard InChI is InChI=1S/C13H21N3O2/c1-4-18-8-7-15-12-6-5-10(9-11(12)14)13(17)16(2)3/h5-6,9,15H,4,7-8,14H2,1-3H3. The van der Waals surface area contributed by atoms with Gasteiger partial charge in [0.2, 0.25) is 0 Å². The first-order chi connectivity index (χ1) is 8.56. The van der Waals surface area contributed by atoms with Gasteiger partial charge >= 0.3 is 0 Å². The summed E-state index contributed by atoms with van der Waals surface area (Å²) in [5.41, 5.74) is 7.88. The van der Waals surface area contributed by atoms with Gasteiger partial charge in [-0.15, -0.1) is 0 Å². The van der Waals surface area contributed by atoms with E-state index in [0.29, 0.717) is 31.0 Å². The molecule has 0 atom stereocenters. The maximum absolute atomic E-state index is 11.7. The number of ether oxygens (including phenoxy) is 1. The third-order valence-electron chi connectivity index (χ3n) is 2.47. The quantitative estimate of drug-likeness (QED) is 0.592. The number of anilines is 2. The summed E-state index contributed by atoms with van der Waals surface area (Å²) in [5.74, 6) is -0.0532. The Morgan fingerprint density at radius 1 is 1.44 bits per heavy atom. The first kappa shape index (κ1) is 14.3. The van der Waals surface area contributed by atoms with Crippen LogP contribution in [0, 0.1) is 0 Å². The topological polar surface area (TPSA) is 67.6 Å². The van der Waals surface area contributed by atoms with Crippen molar-refractivity contribution in [2.75, 3.05) is 44.9 Å². The fourth-order valence-electron chi connectivity index (χ4n) is 1.52. The lowest BCUT2D eigenvalue weighted by Crippen LogP contribution is -2.21. The third-order valence-corrected chi connectivity index (χ3v) is 2.47. The number of nitrogens with one attached hydrogen (secondary N) is 1. The molecular weight excluding hydrogens is 230 g/mol. The van der Waals surface area contributed by atoms with Gasteiger partial charge in [-0.25, -0.2) is 0 Å². The number of hydrogen-bond acceptors (Lipinski definition) is 4. The molecule has 3 N–H and O–H groups in total. The summed E-state index contributed by atoms with van der Waals surface area (Å²) in [7, 11) is 3.43. The van der Waals surface area contributed by atoms with Crippen molar-refractivity contribution in [3.8, 4) is 0 Å². The van der Waals surface area contributed by atoms with Gasteiger partial charge in [0, 0.05) is 32.8 Å². The van der Waals surface area contributed by atoms with Crippen LogP contribution in [0.5, 0.6) is 0 Å². The monoisotopic (exact) mass is 251 g/mol. The van der Waals surface area contributed by atoms with Crippen molar-refractivity contribution in [1.29, 1.82) is 0 Å². The Morgan fingerprint density at radius 2 is 2.17 bits per heavy atom. The molecule has 0 spiro atoms. The lowest BCUT2D eigenvalue weighted by atomic mass is 10.1. The molecule has 0 aromatic heterocycles. The van der Waals surface area contributed by atoms with Gasteiger partial charge in [-0.3, -0.25) is 4.79 Å². The molecule has 0 fully saturated rings. The molecule has 18 heavy (non-hydrogen) atoms. The molecule has 1 rings (SSSR count). The Morgan fingerprint density at radius 3 is 2.72 bits per heavy atom. The van der Waals surface area contributed by atoms with Gasteiger partial charge in [-0.05, 0) is 25.1 Å². The van der Waals surface area contributed by atoms with E-state index in [1.807, 2.05) is 13.0 Å². The molecule has 1 aromatic carbocycles. The summed E-state index contributed by atoms with van der Waals surface area (Å²) in [6.07, 6.45) is 0. The molecular formula is C13H21N3O2. The van der Waals surface area contributed by atoms with E-state index in [0.717, 1.165) is 5.69 Å². The normalized spacial score (nSPS) is 10.2. The van der Waals surface area contributed by atoms with E-state index in [1.54, 1.807) is 26.2 Å². The summed E-state index contributed by atoms with van der Waals surface area (Å²) in [5, 5.41) is 3.17. The number of hydrogen-bond donors (Lipinski definition) is 2. The van der Waals surface area contributed by atoms with Crippen LogP contribution >= 0.6 is 0 Å². The van der Waals surface area contributed by atoms with Crippen molar-refractivity contribution in [2.45, 2.75) is 6.92 Å². The first-order valence-electron chi connectivity index (χ1n) is 5.99. The van der Waals surface area contributed by atoms with Crippen LogP contribution in [-0.4, -0.2) is 44.7 Å². The van der Waals surface area contributed by atoms with Crippen molar-refractivity contribution >= 4 is 17.3 Å². The van der Waals surface area contributed by atoms with Gasteiger partial charge in [0.05, 0.1) is 18.0 Å². The van der Waals surface area contributed by atoms with Crippen molar-refractivity contribution in [3.05, 3.63) is 23.8 Å². The molecule has 0 radical (unpaired) electrons. The Balaban J connectivity index is 2.65. The maximum atomic E-state index is 11.7. The zero-order chi connectivity index (χ0) is 13.5. The molecule has 0 bridgehead atoms. The number of rotatable bonds is 6. The van der Waals surface area contributed by atoms with Gasteiger partial charge in [0.15, 0.2) is 0 Å². The molecule has 5 nitrogen and oxygen atoms in total. The molecule has 0 aliphatic heterocycles. The van der Waals surface area contributed by atoms with Crippen molar-refractivity contribution in [1.82, 2.24) is 4.90 Å².